The highest BCUT2D eigenvalue weighted by molar-refractivity contribution is 7.18. The van der Waals surface area contributed by atoms with Crippen LogP contribution in [0.4, 0.5) is 11.0 Å². The van der Waals surface area contributed by atoms with Crippen LogP contribution in [0.25, 0.3) is 10.8 Å². The minimum absolute atomic E-state index is 0.0855. The first-order valence-electron chi connectivity index (χ1n) is 11.4. The van der Waals surface area contributed by atoms with Crippen molar-refractivity contribution in [1.82, 2.24) is 24.9 Å². The van der Waals surface area contributed by atoms with Crippen molar-refractivity contribution in [3.63, 3.8) is 0 Å². The molecule has 1 saturated carbocycles. The number of amides is 2. The monoisotopic (exact) mass is 539 g/mol. The number of aromatic nitrogens is 4. The maximum Gasteiger partial charge on any atom is 0.433 e. The van der Waals surface area contributed by atoms with Crippen LogP contribution >= 0.6 is 22.9 Å². The van der Waals surface area contributed by atoms with E-state index in [1.165, 1.54) is 12.1 Å². The fraction of sp³-hybridized carbons (Fsp3) is 0.261. The standard InChI is InChI=1S/C23H18ClN7O5S/c24-14-4-2-1-3-13(14)11-29-9-10-30-19(22(29)33)17(12-5-6-12)18(28-30)20(32)25-23-27-26-21(37-23)15-7-8-16(36-15)31(34)35/h1-4,7-8,12H,5-6,9-11H2,(H,25,27,32). The van der Waals surface area contributed by atoms with Crippen molar-refractivity contribution in [1.29, 1.82) is 0 Å². The summed E-state index contributed by atoms with van der Waals surface area (Å²) in [7, 11) is 0. The van der Waals surface area contributed by atoms with E-state index in [1.807, 2.05) is 18.2 Å². The summed E-state index contributed by atoms with van der Waals surface area (Å²) < 4.78 is 6.76. The first-order chi connectivity index (χ1) is 17.9. The Morgan fingerprint density at radius 2 is 2.03 bits per heavy atom. The van der Waals surface area contributed by atoms with Crippen LogP contribution in [0.15, 0.2) is 40.8 Å². The van der Waals surface area contributed by atoms with Crippen molar-refractivity contribution < 1.29 is 18.9 Å². The molecule has 1 aromatic carbocycles. The number of fused-ring (bicyclic) bond motifs is 1. The summed E-state index contributed by atoms with van der Waals surface area (Å²) >= 11 is 7.32. The Balaban J connectivity index is 1.25. The van der Waals surface area contributed by atoms with Crippen LogP contribution in [0, 0.1) is 10.1 Å². The first kappa shape index (κ1) is 23.3. The average Bonchev–Trinajstić information content (AvgIpc) is 3.27. The molecule has 0 atom stereocenters. The molecule has 1 N–H and O–H groups in total. The molecular weight excluding hydrogens is 522 g/mol. The Kier molecular flexibility index (Phi) is 5.72. The van der Waals surface area contributed by atoms with E-state index in [4.69, 9.17) is 16.0 Å². The number of nitrogens with zero attached hydrogens (tertiary/aromatic N) is 6. The Bertz CT molecular complexity index is 1560. The normalized spacial score (nSPS) is 15.1. The molecule has 3 aromatic heterocycles. The van der Waals surface area contributed by atoms with Crippen LogP contribution in [0.3, 0.4) is 0 Å². The van der Waals surface area contributed by atoms with Gasteiger partial charge < -0.3 is 9.32 Å². The number of benzene rings is 1. The zero-order chi connectivity index (χ0) is 25.7. The summed E-state index contributed by atoms with van der Waals surface area (Å²) in [6, 6.07) is 10.0. The van der Waals surface area contributed by atoms with E-state index in [0.717, 1.165) is 29.7 Å². The van der Waals surface area contributed by atoms with Gasteiger partial charge in [0.2, 0.25) is 5.13 Å². The minimum Gasteiger partial charge on any atom is -0.398 e. The van der Waals surface area contributed by atoms with Crippen LogP contribution in [0.2, 0.25) is 5.02 Å². The van der Waals surface area contributed by atoms with E-state index < -0.39 is 16.7 Å². The molecule has 1 aliphatic heterocycles. The second-order valence-electron chi connectivity index (χ2n) is 8.69. The predicted octanol–water partition coefficient (Wildman–Crippen LogP) is 4.34. The van der Waals surface area contributed by atoms with Crippen molar-refractivity contribution in [2.75, 3.05) is 11.9 Å². The van der Waals surface area contributed by atoms with Crippen LogP contribution in [-0.2, 0) is 13.1 Å². The summed E-state index contributed by atoms with van der Waals surface area (Å²) in [6.45, 7) is 1.27. The lowest BCUT2D eigenvalue weighted by Gasteiger charge is -2.28. The number of hydrogen-bond donors (Lipinski definition) is 1. The van der Waals surface area contributed by atoms with Gasteiger partial charge >= 0.3 is 5.88 Å². The van der Waals surface area contributed by atoms with Crippen LogP contribution in [0.1, 0.15) is 50.9 Å². The Morgan fingerprint density at radius 1 is 1.22 bits per heavy atom. The third-order valence-electron chi connectivity index (χ3n) is 6.21. The van der Waals surface area contributed by atoms with E-state index in [0.29, 0.717) is 35.9 Å². The molecular formula is C23H18ClN7O5S. The summed E-state index contributed by atoms with van der Waals surface area (Å²) in [4.78, 5) is 38.7. The topological polar surface area (TPSA) is 149 Å². The highest BCUT2D eigenvalue weighted by atomic mass is 35.5. The second-order valence-corrected chi connectivity index (χ2v) is 10.1. The molecule has 6 rings (SSSR count). The van der Waals surface area contributed by atoms with Gasteiger partial charge in [0.25, 0.3) is 11.8 Å². The number of hydrogen-bond acceptors (Lipinski definition) is 9. The lowest BCUT2D eigenvalue weighted by atomic mass is 10.0. The number of anilines is 1. The van der Waals surface area contributed by atoms with Crippen molar-refractivity contribution in [3.8, 4) is 10.8 Å². The second kappa shape index (κ2) is 9.09. The van der Waals surface area contributed by atoms with Gasteiger partial charge in [0.15, 0.2) is 16.5 Å². The molecule has 4 aromatic rings. The molecule has 2 aliphatic rings. The van der Waals surface area contributed by atoms with Crippen LogP contribution in [0.5, 0.6) is 0 Å². The van der Waals surface area contributed by atoms with Gasteiger partial charge in [-0.3, -0.25) is 29.7 Å². The number of rotatable bonds is 7. The maximum absolute atomic E-state index is 13.5. The lowest BCUT2D eigenvalue weighted by molar-refractivity contribution is -0.401. The molecule has 1 fully saturated rings. The van der Waals surface area contributed by atoms with Crippen LogP contribution < -0.4 is 5.32 Å². The van der Waals surface area contributed by atoms with Gasteiger partial charge in [0, 0.05) is 23.7 Å². The van der Waals surface area contributed by atoms with E-state index in [-0.39, 0.29) is 33.4 Å². The number of halogens is 1. The molecule has 0 radical (unpaired) electrons. The molecule has 1 aliphatic carbocycles. The van der Waals surface area contributed by atoms with Gasteiger partial charge in [-0.1, -0.05) is 41.1 Å². The number of nitro groups is 1. The Labute approximate surface area is 218 Å². The van der Waals surface area contributed by atoms with Gasteiger partial charge in [-0.2, -0.15) is 5.10 Å². The molecule has 4 heterocycles. The van der Waals surface area contributed by atoms with Crippen molar-refractivity contribution in [3.05, 3.63) is 74.0 Å². The van der Waals surface area contributed by atoms with Gasteiger partial charge in [-0.05, 0) is 36.5 Å². The first-order valence-corrected chi connectivity index (χ1v) is 12.6. The van der Waals surface area contributed by atoms with Gasteiger partial charge in [-0.15, -0.1) is 10.2 Å². The third kappa shape index (κ3) is 4.36. The number of carbonyl (C=O) groups is 2. The Hall–Kier alpha value is -4.10. The third-order valence-corrected chi connectivity index (χ3v) is 7.43. The summed E-state index contributed by atoms with van der Waals surface area (Å²) in [5, 5.41) is 27.0. The number of carbonyl (C=O) groups excluding carboxylic acids is 2. The van der Waals surface area contributed by atoms with E-state index >= 15 is 0 Å². The van der Waals surface area contributed by atoms with Gasteiger partial charge in [0.05, 0.1) is 12.6 Å². The van der Waals surface area contributed by atoms with Crippen molar-refractivity contribution >= 4 is 45.8 Å². The molecule has 0 unspecified atom stereocenters. The summed E-state index contributed by atoms with van der Waals surface area (Å²) in [5.41, 5.74) is 2.13. The Morgan fingerprint density at radius 3 is 2.76 bits per heavy atom. The smallest absolute Gasteiger partial charge is 0.398 e. The van der Waals surface area contributed by atoms with Gasteiger partial charge in [-0.25, -0.2) is 0 Å². The molecule has 0 bridgehead atoms. The SMILES string of the molecule is O=C(Nc1nnc(-c2ccc([N+](=O)[O-])o2)s1)c1nn2c(c1C1CC1)C(=O)N(Cc1ccccc1Cl)CC2. The largest absolute Gasteiger partial charge is 0.433 e. The van der Waals surface area contributed by atoms with Crippen molar-refractivity contribution in [2.24, 2.45) is 0 Å². The lowest BCUT2D eigenvalue weighted by Crippen LogP contribution is -2.40. The average molecular weight is 540 g/mol. The molecule has 12 nitrogen and oxygen atoms in total. The molecule has 188 valence electrons. The molecule has 37 heavy (non-hydrogen) atoms. The maximum atomic E-state index is 13.5. The summed E-state index contributed by atoms with van der Waals surface area (Å²) in [6.07, 6.45) is 1.74. The molecule has 0 spiro atoms. The summed E-state index contributed by atoms with van der Waals surface area (Å²) in [5.74, 6) is -0.839. The fourth-order valence-corrected chi connectivity index (χ4v) is 5.21. The number of nitrogens with one attached hydrogen (secondary N) is 1. The van der Waals surface area contributed by atoms with Gasteiger partial charge in [0.1, 0.15) is 10.6 Å². The quantitative estimate of drug-likeness (QED) is 0.269. The minimum atomic E-state index is -0.649. The van der Waals surface area contributed by atoms with Crippen molar-refractivity contribution in [2.45, 2.75) is 31.8 Å². The highest BCUT2D eigenvalue weighted by Gasteiger charge is 2.40. The van der Waals surface area contributed by atoms with E-state index in [1.54, 1.807) is 15.6 Å². The molecule has 2 amide bonds. The zero-order valence-corrected chi connectivity index (χ0v) is 20.7. The number of furan rings is 1. The highest BCUT2D eigenvalue weighted by Crippen LogP contribution is 2.44. The fourth-order valence-electron chi connectivity index (χ4n) is 4.31. The predicted molar refractivity (Wildman–Crippen MR) is 133 cm³/mol. The van der Waals surface area contributed by atoms with E-state index in [9.17, 15) is 19.7 Å². The van der Waals surface area contributed by atoms with E-state index in [2.05, 4.69) is 20.6 Å². The molecule has 0 saturated heterocycles. The van der Waals surface area contributed by atoms with Crippen LogP contribution in [-0.4, -0.2) is 48.2 Å². The zero-order valence-electron chi connectivity index (χ0n) is 19.1. The molecule has 14 heteroatoms.